The Balaban J connectivity index is 2.32. The maximum Gasteiger partial charge on any atom is 0.313 e. The summed E-state index contributed by atoms with van der Waals surface area (Å²) in [5, 5.41) is 0.213. The van der Waals surface area contributed by atoms with Crippen molar-refractivity contribution in [1.82, 2.24) is 9.55 Å². The number of rotatable bonds is 4. The Labute approximate surface area is 115 Å². The van der Waals surface area contributed by atoms with Crippen molar-refractivity contribution in [3.63, 3.8) is 0 Å². The third-order valence-electron chi connectivity index (χ3n) is 2.62. The number of hydrogen-bond acceptors (Lipinski definition) is 4. The van der Waals surface area contributed by atoms with E-state index in [0.29, 0.717) is 6.54 Å². The molecule has 19 heavy (non-hydrogen) atoms. The lowest BCUT2D eigenvalue weighted by molar-refractivity contribution is 0.385. The van der Waals surface area contributed by atoms with Crippen LogP contribution < -0.4 is 15.0 Å². The SMILES string of the molecule is COc1ccc(Cn2cc(Cl)nc(OC)c2=O)cc1. The lowest BCUT2D eigenvalue weighted by Crippen LogP contribution is -2.22. The highest BCUT2D eigenvalue weighted by atomic mass is 35.5. The second-order valence-electron chi connectivity index (χ2n) is 3.85. The highest BCUT2D eigenvalue weighted by Gasteiger charge is 2.08. The molecule has 0 amide bonds. The summed E-state index contributed by atoms with van der Waals surface area (Å²) in [5.41, 5.74) is 0.634. The fraction of sp³-hybridized carbons (Fsp3) is 0.231. The summed E-state index contributed by atoms with van der Waals surface area (Å²) in [6, 6.07) is 7.43. The first-order valence-electron chi connectivity index (χ1n) is 5.58. The van der Waals surface area contributed by atoms with E-state index in [-0.39, 0.29) is 16.6 Å². The van der Waals surface area contributed by atoms with E-state index in [0.717, 1.165) is 11.3 Å². The second-order valence-corrected chi connectivity index (χ2v) is 4.24. The van der Waals surface area contributed by atoms with Crippen LogP contribution in [0.3, 0.4) is 0 Å². The van der Waals surface area contributed by atoms with Crippen molar-refractivity contribution in [2.24, 2.45) is 0 Å². The topological polar surface area (TPSA) is 53.4 Å². The summed E-state index contributed by atoms with van der Waals surface area (Å²) in [5.74, 6) is 0.752. The molecule has 6 heteroatoms. The van der Waals surface area contributed by atoms with Crippen molar-refractivity contribution in [2.75, 3.05) is 14.2 Å². The first-order valence-corrected chi connectivity index (χ1v) is 5.95. The lowest BCUT2D eigenvalue weighted by Gasteiger charge is -2.08. The maximum absolute atomic E-state index is 12.0. The van der Waals surface area contributed by atoms with Gasteiger partial charge in [0.05, 0.1) is 20.8 Å². The molecule has 0 spiro atoms. The highest BCUT2D eigenvalue weighted by Crippen LogP contribution is 2.13. The minimum absolute atomic E-state index is 0.0130. The van der Waals surface area contributed by atoms with Crippen LogP contribution >= 0.6 is 11.6 Å². The van der Waals surface area contributed by atoms with E-state index in [4.69, 9.17) is 21.1 Å². The molecular weight excluding hydrogens is 268 g/mol. The van der Waals surface area contributed by atoms with Gasteiger partial charge in [0.25, 0.3) is 5.88 Å². The van der Waals surface area contributed by atoms with Crippen molar-refractivity contribution >= 4 is 11.6 Å². The number of nitrogens with zero attached hydrogens (tertiary/aromatic N) is 2. The largest absolute Gasteiger partial charge is 0.497 e. The van der Waals surface area contributed by atoms with Crippen molar-refractivity contribution in [3.8, 4) is 11.6 Å². The van der Waals surface area contributed by atoms with Gasteiger partial charge in [-0.2, -0.15) is 4.98 Å². The average Bonchev–Trinajstić information content (AvgIpc) is 2.43. The third-order valence-corrected chi connectivity index (χ3v) is 2.80. The van der Waals surface area contributed by atoms with E-state index in [1.165, 1.54) is 17.9 Å². The van der Waals surface area contributed by atoms with Crippen LogP contribution in [0.25, 0.3) is 0 Å². The number of hydrogen-bond donors (Lipinski definition) is 0. The Bertz CT molecular complexity index is 623. The van der Waals surface area contributed by atoms with E-state index >= 15 is 0 Å². The van der Waals surface area contributed by atoms with Crippen molar-refractivity contribution in [2.45, 2.75) is 6.54 Å². The van der Waals surface area contributed by atoms with Crippen molar-refractivity contribution in [1.29, 1.82) is 0 Å². The Kier molecular flexibility index (Phi) is 4.06. The van der Waals surface area contributed by atoms with Gasteiger partial charge in [0.15, 0.2) is 0 Å². The summed E-state index contributed by atoms with van der Waals surface area (Å²) < 4.78 is 11.4. The number of ether oxygens (including phenoxy) is 2. The standard InChI is InChI=1S/C13H13ClN2O3/c1-18-10-5-3-9(4-6-10)7-16-8-11(14)15-12(19-2)13(16)17/h3-6,8H,7H2,1-2H3. The van der Waals surface area contributed by atoms with Crippen molar-refractivity contribution < 1.29 is 9.47 Å². The maximum atomic E-state index is 12.0. The lowest BCUT2D eigenvalue weighted by atomic mass is 10.2. The van der Waals surface area contributed by atoms with E-state index in [9.17, 15) is 4.79 Å². The Morgan fingerprint density at radius 1 is 1.21 bits per heavy atom. The Morgan fingerprint density at radius 2 is 1.89 bits per heavy atom. The summed E-state index contributed by atoms with van der Waals surface area (Å²) in [6.45, 7) is 0.390. The first kappa shape index (κ1) is 13.4. The van der Waals surface area contributed by atoms with E-state index in [2.05, 4.69) is 4.98 Å². The zero-order valence-electron chi connectivity index (χ0n) is 10.6. The van der Waals surface area contributed by atoms with Gasteiger partial charge in [-0.25, -0.2) is 0 Å². The van der Waals surface area contributed by atoms with E-state index in [1.54, 1.807) is 7.11 Å². The Hall–Kier alpha value is -2.01. The van der Waals surface area contributed by atoms with Gasteiger partial charge < -0.3 is 14.0 Å². The van der Waals surface area contributed by atoms with E-state index < -0.39 is 0 Å². The third kappa shape index (κ3) is 3.06. The van der Waals surface area contributed by atoms with Gasteiger partial charge in [-0.3, -0.25) is 4.79 Å². The van der Waals surface area contributed by atoms with Crippen LogP contribution in [-0.2, 0) is 6.54 Å². The molecule has 1 heterocycles. The predicted octanol–water partition coefficient (Wildman–Crippen LogP) is 1.96. The molecule has 0 aliphatic carbocycles. The summed E-state index contributed by atoms with van der Waals surface area (Å²) in [7, 11) is 2.99. The van der Waals surface area contributed by atoms with E-state index in [1.807, 2.05) is 24.3 Å². The van der Waals surface area contributed by atoms with Crippen LogP contribution in [0.5, 0.6) is 11.6 Å². The van der Waals surface area contributed by atoms with Crippen LogP contribution in [0, 0.1) is 0 Å². The molecule has 0 aliphatic rings. The number of methoxy groups -OCH3 is 2. The molecule has 1 aromatic heterocycles. The average molecular weight is 281 g/mol. The van der Waals surface area contributed by atoms with Gasteiger partial charge in [-0.1, -0.05) is 23.7 Å². The molecule has 2 rings (SSSR count). The minimum atomic E-state index is -0.317. The molecular formula is C13H13ClN2O3. The zero-order chi connectivity index (χ0) is 13.8. The van der Waals surface area contributed by atoms with Gasteiger partial charge >= 0.3 is 5.56 Å². The predicted molar refractivity (Wildman–Crippen MR) is 72.2 cm³/mol. The normalized spacial score (nSPS) is 10.3. The van der Waals surface area contributed by atoms with Gasteiger partial charge in [0, 0.05) is 6.20 Å². The molecule has 2 aromatic rings. The minimum Gasteiger partial charge on any atom is -0.497 e. The van der Waals surface area contributed by atoms with Crippen LogP contribution in [-0.4, -0.2) is 23.8 Å². The summed E-state index contributed by atoms with van der Waals surface area (Å²) >= 11 is 5.84. The molecule has 0 saturated heterocycles. The molecule has 0 N–H and O–H groups in total. The van der Waals surface area contributed by atoms with Gasteiger partial charge in [0.1, 0.15) is 10.9 Å². The molecule has 0 unspecified atom stereocenters. The second kappa shape index (κ2) is 5.75. The molecule has 1 aromatic carbocycles. The van der Waals surface area contributed by atoms with Gasteiger partial charge in [-0.15, -0.1) is 0 Å². The van der Waals surface area contributed by atoms with Gasteiger partial charge in [-0.05, 0) is 17.7 Å². The summed E-state index contributed by atoms with van der Waals surface area (Å²) in [6.07, 6.45) is 1.48. The zero-order valence-corrected chi connectivity index (χ0v) is 11.3. The molecule has 0 radical (unpaired) electrons. The quantitative estimate of drug-likeness (QED) is 0.859. The highest BCUT2D eigenvalue weighted by molar-refractivity contribution is 6.29. The molecule has 0 atom stereocenters. The smallest absolute Gasteiger partial charge is 0.313 e. The molecule has 0 fully saturated rings. The first-order chi connectivity index (χ1) is 9.13. The van der Waals surface area contributed by atoms with Gasteiger partial charge in [0.2, 0.25) is 0 Å². The molecule has 0 aliphatic heterocycles. The van der Waals surface area contributed by atoms with Crippen LogP contribution in [0.4, 0.5) is 0 Å². The molecule has 100 valence electrons. The number of benzene rings is 1. The van der Waals surface area contributed by atoms with Crippen LogP contribution in [0.1, 0.15) is 5.56 Å². The molecule has 0 saturated carbocycles. The monoisotopic (exact) mass is 280 g/mol. The fourth-order valence-corrected chi connectivity index (χ4v) is 1.86. The number of halogens is 1. The van der Waals surface area contributed by atoms with Crippen LogP contribution in [0.15, 0.2) is 35.3 Å². The van der Waals surface area contributed by atoms with Crippen LogP contribution in [0.2, 0.25) is 5.15 Å². The molecule has 5 nitrogen and oxygen atoms in total. The fourth-order valence-electron chi connectivity index (χ4n) is 1.66. The number of aromatic nitrogens is 2. The molecule has 0 bridgehead atoms. The Morgan fingerprint density at radius 3 is 2.47 bits per heavy atom. The summed E-state index contributed by atoms with van der Waals surface area (Å²) in [4.78, 5) is 15.8. The van der Waals surface area contributed by atoms with Crippen molar-refractivity contribution in [3.05, 3.63) is 51.5 Å².